The molecule has 1 amide bonds. The number of halogens is 1. The summed E-state index contributed by atoms with van der Waals surface area (Å²) in [6.45, 7) is 12.1. The minimum absolute atomic E-state index is 0.00584. The van der Waals surface area contributed by atoms with Crippen LogP contribution in [0.3, 0.4) is 0 Å². The highest BCUT2D eigenvalue weighted by atomic mass is 79.9. The Labute approximate surface area is 108 Å². The van der Waals surface area contributed by atoms with Crippen LogP contribution in [0.5, 0.6) is 0 Å². The van der Waals surface area contributed by atoms with Gasteiger partial charge in [-0.1, -0.05) is 36.7 Å². The molecule has 0 spiro atoms. The molecular weight excluding hydrogens is 268 g/mol. The number of hydrogen-bond acceptors (Lipinski definition) is 2. The van der Waals surface area contributed by atoms with Crippen LogP contribution in [0, 0.1) is 5.92 Å². The summed E-state index contributed by atoms with van der Waals surface area (Å²) in [5, 5.41) is 2.99. The molecule has 0 aromatic rings. The summed E-state index contributed by atoms with van der Waals surface area (Å²) < 4.78 is 0. The minimum Gasteiger partial charge on any atom is -0.353 e. The first-order chi connectivity index (χ1) is 7.22. The molecule has 96 valence electrons. The molecule has 0 radical (unpaired) electrons. The fourth-order valence-electron chi connectivity index (χ4n) is 1.27. The zero-order chi connectivity index (χ0) is 12.9. The summed E-state index contributed by atoms with van der Waals surface area (Å²) in [5.74, 6) is 0.389. The maximum absolute atomic E-state index is 11.8. The van der Waals surface area contributed by atoms with E-state index in [0.29, 0.717) is 12.5 Å². The lowest BCUT2D eigenvalue weighted by molar-refractivity contribution is -0.121. The summed E-state index contributed by atoms with van der Waals surface area (Å²) in [7, 11) is 2.07. The molecule has 0 aliphatic rings. The number of alkyl halides is 1. The van der Waals surface area contributed by atoms with Gasteiger partial charge >= 0.3 is 0 Å². The van der Waals surface area contributed by atoms with Crippen molar-refractivity contribution in [2.45, 2.75) is 45.0 Å². The molecule has 0 aromatic carbocycles. The Morgan fingerprint density at radius 2 is 1.94 bits per heavy atom. The van der Waals surface area contributed by atoms with Crippen LogP contribution in [-0.2, 0) is 4.79 Å². The fraction of sp³-hybridized carbons (Fsp3) is 0.917. The van der Waals surface area contributed by atoms with Gasteiger partial charge in [0.1, 0.15) is 0 Å². The van der Waals surface area contributed by atoms with E-state index in [0.717, 1.165) is 6.54 Å². The first-order valence-electron chi connectivity index (χ1n) is 5.85. The highest BCUT2D eigenvalue weighted by Crippen LogP contribution is 2.14. The lowest BCUT2D eigenvalue weighted by atomic mass is 10.0. The summed E-state index contributed by atoms with van der Waals surface area (Å²) >= 11 is 3.40. The van der Waals surface area contributed by atoms with E-state index in [2.05, 4.69) is 54.0 Å². The molecule has 0 rings (SSSR count). The molecule has 1 unspecified atom stereocenters. The zero-order valence-corrected chi connectivity index (χ0v) is 12.9. The highest BCUT2D eigenvalue weighted by Gasteiger charge is 2.25. The molecule has 4 heteroatoms. The highest BCUT2D eigenvalue weighted by molar-refractivity contribution is 9.10. The van der Waals surface area contributed by atoms with Crippen molar-refractivity contribution in [3.8, 4) is 0 Å². The third-order valence-electron chi connectivity index (χ3n) is 3.04. The number of carbonyl (C=O) groups is 1. The van der Waals surface area contributed by atoms with Crippen molar-refractivity contribution in [3.05, 3.63) is 0 Å². The van der Waals surface area contributed by atoms with Crippen LogP contribution in [-0.4, -0.2) is 41.3 Å². The van der Waals surface area contributed by atoms with Gasteiger partial charge in [0.2, 0.25) is 5.91 Å². The average Bonchev–Trinajstić information content (AvgIpc) is 2.23. The van der Waals surface area contributed by atoms with Gasteiger partial charge in [-0.15, -0.1) is 0 Å². The van der Waals surface area contributed by atoms with E-state index < -0.39 is 0 Å². The second kappa shape index (κ2) is 6.60. The maximum atomic E-state index is 11.8. The van der Waals surface area contributed by atoms with Crippen LogP contribution < -0.4 is 5.32 Å². The number of nitrogens with one attached hydrogen (secondary N) is 1. The van der Waals surface area contributed by atoms with Crippen LogP contribution in [0.1, 0.15) is 34.6 Å². The van der Waals surface area contributed by atoms with E-state index >= 15 is 0 Å². The predicted molar refractivity (Wildman–Crippen MR) is 72.9 cm³/mol. The Balaban J connectivity index is 4.19. The lowest BCUT2D eigenvalue weighted by Gasteiger charge is -2.35. The number of carbonyl (C=O) groups excluding carboxylic acids is 1. The normalized spacial score (nSPS) is 14.3. The van der Waals surface area contributed by atoms with Crippen molar-refractivity contribution in [2.75, 3.05) is 20.1 Å². The van der Waals surface area contributed by atoms with E-state index in [1.54, 1.807) is 0 Å². The van der Waals surface area contributed by atoms with Gasteiger partial charge in [-0.25, -0.2) is 0 Å². The molecule has 0 fully saturated rings. The molecular formula is C12H25BrN2O. The molecule has 0 bridgehead atoms. The van der Waals surface area contributed by atoms with Gasteiger partial charge in [0.05, 0.1) is 4.83 Å². The van der Waals surface area contributed by atoms with Crippen molar-refractivity contribution in [1.82, 2.24) is 10.2 Å². The van der Waals surface area contributed by atoms with Crippen molar-refractivity contribution in [2.24, 2.45) is 5.92 Å². The maximum Gasteiger partial charge on any atom is 0.234 e. The van der Waals surface area contributed by atoms with Gasteiger partial charge in [-0.05, 0) is 33.4 Å². The Bertz CT molecular complexity index is 229. The van der Waals surface area contributed by atoms with E-state index in [9.17, 15) is 4.79 Å². The molecule has 3 nitrogen and oxygen atoms in total. The summed E-state index contributed by atoms with van der Waals surface area (Å²) in [4.78, 5) is 13.9. The molecule has 1 N–H and O–H groups in total. The molecule has 1 atom stereocenters. The van der Waals surface area contributed by atoms with Gasteiger partial charge in [0.25, 0.3) is 0 Å². The number of amides is 1. The van der Waals surface area contributed by atoms with Crippen molar-refractivity contribution < 1.29 is 4.79 Å². The predicted octanol–water partition coefficient (Wildman–Crippen LogP) is 2.25. The number of rotatable bonds is 6. The average molecular weight is 293 g/mol. The Kier molecular flexibility index (Phi) is 6.56. The monoisotopic (exact) mass is 292 g/mol. The molecule has 0 aliphatic carbocycles. The zero-order valence-electron chi connectivity index (χ0n) is 11.3. The third kappa shape index (κ3) is 4.83. The van der Waals surface area contributed by atoms with Crippen molar-refractivity contribution in [3.63, 3.8) is 0 Å². The molecule has 0 saturated carbocycles. The molecule has 0 aliphatic heterocycles. The number of likely N-dealkylation sites (N-methyl/N-ethyl adjacent to an activating group) is 1. The van der Waals surface area contributed by atoms with Crippen LogP contribution >= 0.6 is 15.9 Å². The Morgan fingerprint density at radius 3 is 2.31 bits per heavy atom. The lowest BCUT2D eigenvalue weighted by Crippen LogP contribution is -2.51. The second-order valence-corrected chi connectivity index (χ2v) is 6.18. The van der Waals surface area contributed by atoms with Crippen molar-refractivity contribution in [1.29, 1.82) is 0 Å². The number of nitrogens with zero attached hydrogens (tertiary/aromatic N) is 1. The Hall–Kier alpha value is -0.0900. The van der Waals surface area contributed by atoms with E-state index in [-0.39, 0.29) is 16.3 Å². The number of hydrogen-bond donors (Lipinski definition) is 1. The summed E-state index contributed by atoms with van der Waals surface area (Å²) in [6.07, 6.45) is 0. The van der Waals surface area contributed by atoms with Crippen LogP contribution in [0.15, 0.2) is 0 Å². The van der Waals surface area contributed by atoms with E-state index in [1.807, 2.05) is 13.8 Å². The molecule has 0 heterocycles. The molecule has 0 aromatic heterocycles. The smallest absolute Gasteiger partial charge is 0.234 e. The molecule has 16 heavy (non-hydrogen) atoms. The van der Waals surface area contributed by atoms with Gasteiger partial charge in [0, 0.05) is 12.1 Å². The topological polar surface area (TPSA) is 32.3 Å². The summed E-state index contributed by atoms with van der Waals surface area (Å²) in [5.41, 5.74) is -0.00584. The van der Waals surface area contributed by atoms with Crippen molar-refractivity contribution >= 4 is 21.8 Å². The standard InChI is InChI=1S/C12H25BrN2O/c1-7-15(6)12(4,5)8-14-11(16)10(13)9(2)3/h9-10H,7-8H2,1-6H3,(H,14,16). The Morgan fingerprint density at radius 1 is 1.44 bits per heavy atom. The largest absolute Gasteiger partial charge is 0.353 e. The van der Waals surface area contributed by atoms with Crippen LogP contribution in [0.4, 0.5) is 0 Å². The van der Waals surface area contributed by atoms with Gasteiger partial charge in [0.15, 0.2) is 0 Å². The minimum atomic E-state index is -0.102. The molecule has 0 saturated heterocycles. The van der Waals surface area contributed by atoms with E-state index in [4.69, 9.17) is 0 Å². The first-order valence-corrected chi connectivity index (χ1v) is 6.77. The van der Waals surface area contributed by atoms with Crippen LogP contribution in [0.2, 0.25) is 0 Å². The second-order valence-electron chi connectivity index (χ2n) is 5.19. The third-order valence-corrected chi connectivity index (χ3v) is 4.51. The van der Waals surface area contributed by atoms with Gasteiger partial charge < -0.3 is 5.32 Å². The fourth-order valence-corrected chi connectivity index (χ4v) is 1.43. The van der Waals surface area contributed by atoms with E-state index in [1.165, 1.54) is 0 Å². The van der Waals surface area contributed by atoms with Gasteiger partial charge in [-0.3, -0.25) is 9.69 Å². The first kappa shape index (κ1) is 15.9. The SMILES string of the molecule is CCN(C)C(C)(C)CNC(=O)C(Br)C(C)C. The van der Waals surface area contributed by atoms with Gasteiger partial charge in [-0.2, -0.15) is 0 Å². The van der Waals surface area contributed by atoms with Crippen LogP contribution in [0.25, 0.3) is 0 Å². The summed E-state index contributed by atoms with van der Waals surface area (Å²) in [6, 6.07) is 0. The quantitative estimate of drug-likeness (QED) is 0.762.